The second-order valence-electron chi connectivity index (χ2n) is 5.01. The van der Waals surface area contributed by atoms with Gasteiger partial charge in [0.15, 0.2) is 5.78 Å². The molecule has 0 spiro atoms. The summed E-state index contributed by atoms with van der Waals surface area (Å²) in [5, 5.41) is 1.44. The van der Waals surface area contributed by atoms with Crippen molar-refractivity contribution in [2.45, 2.75) is 12.4 Å². The number of carbonyl (C=O) groups is 2. The van der Waals surface area contributed by atoms with E-state index in [-0.39, 0.29) is 10.6 Å². The van der Waals surface area contributed by atoms with Gasteiger partial charge in [-0.1, -0.05) is 12.1 Å². The summed E-state index contributed by atoms with van der Waals surface area (Å²) in [6.45, 7) is 0. The van der Waals surface area contributed by atoms with Crippen LogP contribution >= 0.6 is 11.3 Å². The number of carbonyl (C=O) groups excluding carboxylic acids is 2. The SMILES string of the molecule is O=C(c1cccs1)C(C=Nc1cccc(C(F)(F)F)c1)C(=O)C(F)(F)F. The lowest BCUT2D eigenvalue weighted by Crippen LogP contribution is -2.36. The van der Waals surface area contributed by atoms with Crippen LogP contribution in [0, 0.1) is 5.92 Å². The lowest BCUT2D eigenvalue weighted by molar-refractivity contribution is -0.171. The Balaban J connectivity index is 2.37. The fourth-order valence-corrected chi connectivity index (χ4v) is 2.63. The van der Waals surface area contributed by atoms with Crippen molar-refractivity contribution in [2.75, 3.05) is 0 Å². The molecular formula is C16H9F6NO2S. The predicted molar refractivity (Wildman–Crippen MR) is 82.8 cm³/mol. The van der Waals surface area contributed by atoms with Crippen LogP contribution in [0.15, 0.2) is 46.8 Å². The zero-order chi connectivity index (χ0) is 19.5. The van der Waals surface area contributed by atoms with E-state index in [4.69, 9.17) is 0 Å². The molecule has 26 heavy (non-hydrogen) atoms. The van der Waals surface area contributed by atoms with Crippen molar-refractivity contribution in [3.8, 4) is 0 Å². The van der Waals surface area contributed by atoms with Gasteiger partial charge in [-0.3, -0.25) is 14.6 Å². The standard InChI is InChI=1S/C16H9F6NO2S/c17-15(18,19)9-3-1-4-10(7-9)23-8-11(14(25)16(20,21)22)13(24)12-5-2-6-26-12/h1-8,11H. The van der Waals surface area contributed by atoms with Gasteiger partial charge in [0.05, 0.1) is 16.1 Å². The van der Waals surface area contributed by atoms with Crippen LogP contribution in [0.3, 0.4) is 0 Å². The van der Waals surface area contributed by atoms with Crippen LogP contribution in [0.4, 0.5) is 32.0 Å². The fraction of sp³-hybridized carbons (Fsp3) is 0.188. The van der Waals surface area contributed by atoms with Crippen LogP contribution in [0.25, 0.3) is 0 Å². The van der Waals surface area contributed by atoms with Crippen LogP contribution in [-0.4, -0.2) is 24.0 Å². The first-order valence-corrected chi connectivity index (χ1v) is 7.78. The fourth-order valence-electron chi connectivity index (χ4n) is 1.93. The summed E-state index contributed by atoms with van der Waals surface area (Å²) >= 11 is 0.835. The van der Waals surface area contributed by atoms with E-state index in [1.165, 1.54) is 17.5 Å². The summed E-state index contributed by atoms with van der Waals surface area (Å²) < 4.78 is 76.2. The highest BCUT2D eigenvalue weighted by Gasteiger charge is 2.46. The number of thiophene rings is 1. The lowest BCUT2D eigenvalue weighted by Gasteiger charge is -2.12. The number of benzene rings is 1. The third-order valence-corrected chi connectivity index (χ3v) is 4.04. The number of hydrogen-bond acceptors (Lipinski definition) is 4. The summed E-state index contributed by atoms with van der Waals surface area (Å²) in [7, 11) is 0. The first kappa shape index (κ1) is 19.8. The molecule has 0 aliphatic heterocycles. The monoisotopic (exact) mass is 393 g/mol. The summed E-state index contributed by atoms with van der Waals surface area (Å²) in [5.41, 5.74) is -1.39. The number of hydrogen-bond donors (Lipinski definition) is 0. The van der Waals surface area contributed by atoms with Crippen molar-refractivity contribution in [1.29, 1.82) is 0 Å². The number of halogens is 6. The lowest BCUT2D eigenvalue weighted by atomic mass is 9.98. The summed E-state index contributed by atoms with van der Waals surface area (Å²) in [5.74, 6) is -5.74. The molecule has 0 aliphatic rings. The molecule has 0 bridgehead atoms. The number of rotatable bonds is 5. The van der Waals surface area contributed by atoms with E-state index in [0.29, 0.717) is 12.3 Å². The molecule has 0 aliphatic carbocycles. The molecule has 138 valence electrons. The van der Waals surface area contributed by atoms with Gasteiger partial charge in [0, 0.05) is 6.21 Å². The third-order valence-electron chi connectivity index (χ3n) is 3.15. The van der Waals surface area contributed by atoms with E-state index in [1.54, 1.807) is 0 Å². The van der Waals surface area contributed by atoms with Crippen molar-refractivity contribution >= 4 is 34.8 Å². The first-order valence-electron chi connectivity index (χ1n) is 6.90. The van der Waals surface area contributed by atoms with Gasteiger partial charge in [0.25, 0.3) is 5.78 Å². The molecule has 1 aromatic heterocycles. The molecule has 1 unspecified atom stereocenters. The van der Waals surface area contributed by atoms with Crippen molar-refractivity contribution in [1.82, 2.24) is 0 Å². The molecule has 10 heteroatoms. The summed E-state index contributed by atoms with van der Waals surface area (Å²) in [6.07, 6.45) is -9.54. The van der Waals surface area contributed by atoms with Crippen LogP contribution in [0.2, 0.25) is 0 Å². The zero-order valence-electron chi connectivity index (χ0n) is 12.6. The molecule has 0 saturated carbocycles. The van der Waals surface area contributed by atoms with Gasteiger partial charge in [-0.25, -0.2) is 0 Å². The van der Waals surface area contributed by atoms with Crippen LogP contribution in [0.5, 0.6) is 0 Å². The Hall–Kier alpha value is -2.49. The molecule has 1 atom stereocenters. The van der Waals surface area contributed by atoms with E-state index < -0.39 is 35.4 Å². The minimum absolute atomic E-state index is 0.0944. The van der Waals surface area contributed by atoms with E-state index >= 15 is 0 Å². The van der Waals surface area contributed by atoms with Crippen LogP contribution in [-0.2, 0) is 11.0 Å². The van der Waals surface area contributed by atoms with Crippen LogP contribution < -0.4 is 0 Å². The zero-order valence-corrected chi connectivity index (χ0v) is 13.5. The van der Waals surface area contributed by atoms with Gasteiger partial charge in [-0.2, -0.15) is 26.3 Å². The number of aliphatic imine (C=N–C) groups is 1. The maximum absolute atomic E-state index is 12.7. The van der Waals surface area contributed by atoms with E-state index in [1.807, 2.05) is 0 Å². The molecule has 0 fully saturated rings. The van der Waals surface area contributed by atoms with E-state index in [0.717, 1.165) is 29.5 Å². The van der Waals surface area contributed by atoms with Crippen molar-refractivity contribution in [3.63, 3.8) is 0 Å². The molecular weight excluding hydrogens is 384 g/mol. The largest absolute Gasteiger partial charge is 0.451 e. The van der Waals surface area contributed by atoms with E-state index in [9.17, 15) is 35.9 Å². The highest BCUT2D eigenvalue weighted by molar-refractivity contribution is 7.12. The molecule has 3 nitrogen and oxygen atoms in total. The second kappa shape index (κ2) is 7.40. The minimum Gasteiger partial charge on any atom is -0.292 e. The molecule has 2 rings (SSSR count). The van der Waals surface area contributed by atoms with Gasteiger partial charge in [0.2, 0.25) is 0 Å². The number of Topliss-reactive ketones (excluding diaryl/α,β-unsaturated/α-hetero) is 2. The quantitative estimate of drug-likeness (QED) is 0.307. The number of nitrogens with zero attached hydrogens (tertiary/aromatic N) is 1. The van der Waals surface area contributed by atoms with Crippen molar-refractivity contribution in [3.05, 3.63) is 52.2 Å². The number of ketones is 2. The molecule has 1 heterocycles. The molecule has 0 amide bonds. The Labute approximate surface area is 147 Å². The molecule has 1 aromatic carbocycles. The summed E-state index contributed by atoms with van der Waals surface area (Å²) in [4.78, 5) is 27.1. The Morgan fingerprint density at radius 2 is 1.73 bits per heavy atom. The molecule has 0 radical (unpaired) electrons. The average Bonchev–Trinajstić information content (AvgIpc) is 3.07. The van der Waals surface area contributed by atoms with Gasteiger partial charge >= 0.3 is 12.4 Å². The first-order chi connectivity index (χ1) is 12.0. The normalized spacial score (nSPS) is 13.8. The Morgan fingerprint density at radius 1 is 1.04 bits per heavy atom. The second-order valence-corrected chi connectivity index (χ2v) is 5.96. The average molecular weight is 393 g/mol. The Morgan fingerprint density at radius 3 is 2.27 bits per heavy atom. The molecule has 0 N–H and O–H groups in total. The van der Waals surface area contributed by atoms with Gasteiger partial charge in [0.1, 0.15) is 5.92 Å². The topological polar surface area (TPSA) is 46.5 Å². The van der Waals surface area contributed by atoms with Crippen molar-refractivity contribution < 1.29 is 35.9 Å². The van der Waals surface area contributed by atoms with E-state index in [2.05, 4.69) is 4.99 Å². The highest BCUT2D eigenvalue weighted by Crippen LogP contribution is 2.31. The molecule has 0 saturated heterocycles. The maximum atomic E-state index is 12.7. The Kier molecular flexibility index (Phi) is 5.65. The van der Waals surface area contributed by atoms with Gasteiger partial charge < -0.3 is 0 Å². The minimum atomic E-state index is -5.29. The van der Waals surface area contributed by atoms with Gasteiger partial charge in [-0.15, -0.1) is 11.3 Å². The smallest absolute Gasteiger partial charge is 0.292 e. The predicted octanol–water partition coefficient (Wildman–Crippen LogP) is 5.10. The van der Waals surface area contributed by atoms with Gasteiger partial charge in [-0.05, 0) is 29.6 Å². The third kappa shape index (κ3) is 4.78. The number of alkyl halides is 6. The maximum Gasteiger partial charge on any atom is 0.451 e. The molecule has 2 aromatic rings. The van der Waals surface area contributed by atoms with Crippen molar-refractivity contribution in [2.24, 2.45) is 10.9 Å². The Bertz CT molecular complexity index is 824. The summed E-state index contributed by atoms with van der Waals surface area (Å²) in [6, 6.07) is 6.13. The van der Waals surface area contributed by atoms with Crippen LogP contribution in [0.1, 0.15) is 15.2 Å². The highest BCUT2D eigenvalue weighted by atomic mass is 32.1.